The molecule has 114 valence electrons. The number of nitro benzene ring substituents is 1. The third-order valence-corrected chi connectivity index (χ3v) is 3.98. The van der Waals surface area contributed by atoms with E-state index in [2.05, 4.69) is 10.3 Å². The van der Waals surface area contributed by atoms with Crippen LogP contribution in [0.4, 0.5) is 11.4 Å². The normalized spacial score (nSPS) is 11.8. The molecule has 1 heterocycles. The Balaban J connectivity index is 2.32. The van der Waals surface area contributed by atoms with Crippen LogP contribution in [0.2, 0.25) is 0 Å². The lowest BCUT2D eigenvalue weighted by molar-refractivity contribution is -0.383. The number of rotatable bonds is 6. The van der Waals surface area contributed by atoms with Crippen LogP contribution >= 0.6 is 11.3 Å². The van der Waals surface area contributed by atoms with E-state index >= 15 is 0 Å². The largest absolute Gasteiger partial charge is 0.377 e. The fourth-order valence-electron chi connectivity index (χ4n) is 2.12. The molecular weight excluding hydrogens is 290 g/mol. The molecule has 0 atom stereocenters. The van der Waals surface area contributed by atoms with Gasteiger partial charge in [0.25, 0.3) is 5.69 Å². The standard InChI is InChI=1S/C14H19N3O3S/c1-5-20-14(3,4)8-15-10-6-11-13(21-9(2)16-11)7-12(10)17(18)19/h6-7,15H,5,8H2,1-4H3. The molecule has 2 aromatic rings. The average molecular weight is 309 g/mol. The van der Waals surface area contributed by atoms with Crippen LogP contribution in [0.1, 0.15) is 25.8 Å². The molecule has 2 rings (SSSR count). The molecule has 0 aliphatic carbocycles. The number of nitro groups is 1. The number of nitrogens with one attached hydrogen (secondary N) is 1. The van der Waals surface area contributed by atoms with E-state index in [-0.39, 0.29) is 10.6 Å². The van der Waals surface area contributed by atoms with Crippen molar-refractivity contribution >= 4 is 32.9 Å². The summed E-state index contributed by atoms with van der Waals surface area (Å²) in [5.74, 6) is 0. The summed E-state index contributed by atoms with van der Waals surface area (Å²) in [6.45, 7) is 8.79. The predicted molar refractivity (Wildman–Crippen MR) is 85.2 cm³/mol. The second-order valence-electron chi connectivity index (χ2n) is 5.37. The van der Waals surface area contributed by atoms with Crippen LogP contribution in [0.3, 0.4) is 0 Å². The minimum Gasteiger partial charge on any atom is -0.377 e. The molecule has 0 amide bonds. The summed E-state index contributed by atoms with van der Waals surface area (Å²) in [6.07, 6.45) is 0. The summed E-state index contributed by atoms with van der Waals surface area (Å²) >= 11 is 1.46. The first kappa shape index (κ1) is 15.7. The Morgan fingerprint density at radius 2 is 2.19 bits per heavy atom. The second kappa shape index (κ2) is 5.95. The van der Waals surface area contributed by atoms with E-state index in [9.17, 15) is 10.1 Å². The van der Waals surface area contributed by atoms with Crippen LogP contribution in [0.5, 0.6) is 0 Å². The number of fused-ring (bicyclic) bond motifs is 1. The van der Waals surface area contributed by atoms with Crippen molar-refractivity contribution in [1.29, 1.82) is 0 Å². The number of thiazole rings is 1. The van der Waals surface area contributed by atoms with Crippen LogP contribution in [0, 0.1) is 17.0 Å². The molecule has 0 saturated carbocycles. The fourth-order valence-corrected chi connectivity index (χ4v) is 2.96. The molecule has 21 heavy (non-hydrogen) atoms. The van der Waals surface area contributed by atoms with Crippen LogP contribution in [0.25, 0.3) is 10.2 Å². The van der Waals surface area contributed by atoms with Gasteiger partial charge in [-0.1, -0.05) is 0 Å². The van der Waals surface area contributed by atoms with Gasteiger partial charge in [-0.2, -0.15) is 0 Å². The summed E-state index contributed by atoms with van der Waals surface area (Å²) < 4.78 is 6.42. The van der Waals surface area contributed by atoms with Crippen molar-refractivity contribution in [2.75, 3.05) is 18.5 Å². The molecule has 0 aliphatic heterocycles. The third-order valence-electron chi connectivity index (χ3n) is 3.05. The summed E-state index contributed by atoms with van der Waals surface area (Å²) in [4.78, 5) is 15.3. The third kappa shape index (κ3) is 3.68. The van der Waals surface area contributed by atoms with Gasteiger partial charge in [-0.25, -0.2) is 4.98 Å². The van der Waals surface area contributed by atoms with Gasteiger partial charge in [-0.05, 0) is 33.8 Å². The smallest absolute Gasteiger partial charge is 0.293 e. The molecule has 6 nitrogen and oxygen atoms in total. The minimum atomic E-state index is -0.393. The fraction of sp³-hybridized carbons (Fsp3) is 0.500. The number of aromatic nitrogens is 1. The maximum absolute atomic E-state index is 11.2. The number of hydrogen-bond acceptors (Lipinski definition) is 6. The highest BCUT2D eigenvalue weighted by Crippen LogP contribution is 2.33. The van der Waals surface area contributed by atoms with Crippen LogP contribution in [0.15, 0.2) is 12.1 Å². The maximum atomic E-state index is 11.2. The molecule has 0 unspecified atom stereocenters. The van der Waals surface area contributed by atoms with Gasteiger partial charge < -0.3 is 10.1 Å². The van der Waals surface area contributed by atoms with Crippen molar-refractivity contribution in [3.8, 4) is 0 Å². The van der Waals surface area contributed by atoms with Crippen molar-refractivity contribution in [1.82, 2.24) is 4.98 Å². The van der Waals surface area contributed by atoms with Crippen molar-refractivity contribution in [3.05, 3.63) is 27.3 Å². The Bertz CT molecular complexity index is 667. The molecule has 0 bridgehead atoms. The van der Waals surface area contributed by atoms with E-state index in [1.807, 2.05) is 27.7 Å². The van der Waals surface area contributed by atoms with Crippen LogP contribution in [-0.4, -0.2) is 28.7 Å². The van der Waals surface area contributed by atoms with E-state index in [0.717, 1.165) is 15.2 Å². The van der Waals surface area contributed by atoms with Gasteiger partial charge in [-0.3, -0.25) is 10.1 Å². The first-order chi connectivity index (χ1) is 9.82. The Morgan fingerprint density at radius 1 is 1.48 bits per heavy atom. The SMILES string of the molecule is CCOC(C)(C)CNc1cc2nc(C)sc2cc1[N+](=O)[O-]. The van der Waals surface area contributed by atoms with Gasteiger partial charge in [0, 0.05) is 19.2 Å². The summed E-state index contributed by atoms with van der Waals surface area (Å²) in [5.41, 5.74) is 0.930. The number of benzene rings is 1. The molecule has 0 aliphatic rings. The summed E-state index contributed by atoms with van der Waals surface area (Å²) in [6, 6.07) is 3.31. The molecule has 0 fully saturated rings. The lowest BCUT2D eigenvalue weighted by Gasteiger charge is -2.25. The monoisotopic (exact) mass is 309 g/mol. The lowest BCUT2D eigenvalue weighted by Crippen LogP contribution is -2.33. The van der Waals surface area contributed by atoms with Gasteiger partial charge in [-0.15, -0.1) is 11.3 Å². The number of nitrogens with zero attached hydrogens (tertiary/aromatic N) is 2. The van der Waals surface area contributed by atoms with Crippen LogP contribution < -0.4 is 5.32 Å². The van der Waals surface area contributed by atoms with E-state index in [4.69, 9.17) is 4.74 Å². The molecular formula is C14H19N3O3S. The molecule has 1 aromatic heterocycles. The zero-order chi connectivity index (χ0) is 15.6. The van der Waals surface area contributed by atoms with Gasteiger partial charge in [0.15, 0.2) is 0 Å². The predicted octanol–water partition coefficient (Wildman–Crippen LogP) is 3.74. The molecule has 0 radical (unpaired) electrons. The number of ether oxygens (including phenoxy) is 1. The quantitative estimate of drug-likeness (QED) is 0.649. The highest BCUT2D eigenvalue weighted by atomic mass is 32.1. The number of anilines is 1. The van der Waals surface area contributed by atoms with E-state index in [1.165, 1.54) is 11.3 Å². The second-order valence-corrected chi connectivity index (χ2v) is 6.61. The van der Waals surface area contributed by atoms with Crippen molar-refractivity contribution in [3.63, 3.8) is 0 Å². The summed E-state index contributed by atoms with van der Waals surface area (Å²) in [5, 5.41) is 15.3. The topological polar surface area (TPSA) is 77.3 Å². The zero-order valence-corrected chi connectivity index (χ0v) is 13.4. The Hall–Kier alpha value is -1.73. The number of aryl methyl sites for hydroxylation is 1. The first-order valence-corrected chi connectivity index (χ1v) is 7.57. The Labute approximate surface area is 127 Å². The van der Waals surface area contributed by atoms with Crippen molar-refractivity contribution in [2.24, 2.45) is 0 Å². The van der Waals surface area contributed by atoms with E-state index in [1.54, 1.807) is 12.1 Å². The average Bonchev–Trinajstić information content (AvgIpc) is 2.74. The van der Waals surface area contributed by atoms with Crippen molar-refractivity contribution in [2.45, 2.75) is 33.3 Å². The molecule has 1 N–H and O–H groups in total. The van der Waals surface area contributed by atoms with Gasteiger partial charge in [0.1, 0.15) is 5.69 Å². The number of hydrogen-bond donors (Lipinski definition) is 1. The minimum absolute atomic E-state index is 0.0680. The highest BCUT2D eigenvalue weighted by molar-refractivity contribution is 7.18. The van der Waals surface area contributed by atoms with E-state index in [0.29, 0.717) is 18.8 Å². The molecule has 1 aromatic carbocycles. The van der Waals surface area contributed by atoms with Gasteiger partial charge in [0.2, 0.25) is 0 Å². The zero-order valence-electron chi connectivity index (χ0n) is 12.6. The van der Waals surface area contributed by atoms with Crippen molar-refractivity contribution < 1.29 is 9.66 Å². The van der Waals surface area contributed by atoms with Crippen LogP contribution in [-0.2, 0) is 4.74 Å². The maximum Gasteiger partial charge on any atom is 0.293 e. The summed E-state index contributed by atoms with van der Waals surface area (Å²) in [7, 11) is 0. The Kier molecular flexibility index (Phi) is 4.43. The molecule has 0 spiro atoms. The van der Waals surface area contributed by atoms with Gasteiger partial charge >= 0.3 is 0 Å². The molecule has 0 saturated heterocycles. The van der Waals surface area contributed by atoms with Gasteiger partial charge in [0.05, 0.1) is 25.7 Å². The highest BCUT2D eigenvalue weighted by Gasteiger charge is 2.21. The lowest BCUT2D eigenvalue weighted by atomic mass is 10.1. The Morgan fingerprint density at radius 3 is 2.81 bits per heavy atom. The van der Waals surface area contributed by atoms with E-state index < -0.39 is 5.60 Å². The molecule has 7 heteroatoms. The first-order valence-electron chi connectivity index (χ1n) is 6.76.